The lowest BCUT2D eigenvalue weighted by molar-refractivity contribution is -0.139. The van der Waals surface area contributed by atoms with Crippen molar-refractivity contribution in [3.05, 3.63) is 120 Å². The van der Waals surface area contributed by atoms with Crippen LogP contribution in [0.15, 0.2) is 87.8 Å². The highest BCUT2D eigenvalue weighted by atomic mass is 32.1. The average molecular weight is 685 g/mol. The molecule has 0 spiro atoms. The number of carbonyl (C=O) groups is 2. The summed E-state index contributed by atoms with van der Waals surface area (Å²) in [4.78, 5) is 44.7. The maximum atomic E-state index is 14.2. The van der Waals surface area contributed by atoms with E-state index in [4.69, 9.17) is 23.7 Å². The third-order valence-corrected chi connectivity index (χ3v) is 8.50. The molecule has 4 aromatic rings. The Hall–Kier alpha value is -5.16. The molecule has 1 aliphatic rings. The van der Waals surface area contributed by atoms with Crippen LogP contribution >= 0.6 is 11.3 Å². The van der Waals surface area contributed by atoms with Gasteiger partial charge in [-0.2, -0.15) is 0 Å². The Morgan fingerprint density at radius 2 is 1.59 bits per heavy atom. The van der Waals surface area contributed by atoms with Crippen LogP contribution in [0.4, 0.5) is 0 Å². The van der Waals surface area contributed by atoms with Crippen LogP contribution in [-0.2, 0) is 20.9 Å². The van der Waals surface area contributed by atoms with Crippen LogP contribution in [0.2, 0.25) is 0 Å². The Balaban J connectivity index is 1.51. The molecule has 0 aliphatic carbocycles. The Morgan fingerprint density at radius 1 is 0.878 bits per heavy atom. The molecule has 2 heterocycles. The van der Waals surface area contributed by atoms with E-state index < -0.39 is 12.0 Å². The Kier molecular flexibility index (Phi) is 11.4. The average Bonchev–Trinajstić information content (AvgIpc) is 3.38. The first kappa shape index (κ1) is 35.2. The quantitative estimate of drug-likeness (QED) is 0.164. The number of rotatable bonds is 13. The molecule has 0 radical (unpaired) electrons. The van der Waals surface area contributed by atoms with Crippen molar-refractivity contribution in [1.82, 2.24) is 4.57 Å². The number of ether oxygens (including phenoxy) is 5. The van der Waals surface area contributed by atoms with Gasteiger partial charge in [0.15, 0.2) is 16.3 Å². The fourth-order valence-corrected chi connectivity index (χ4v) is 6.47. The SMILES string of the molecule is CCOC(=O)C1=C(C)N=c2s/c(=C\c3ccc(OCc4ccc(C(=O)OCC)cc4)c(OCC)c3)c(=O)n2[C@@H]1c1ccccc1OC(C)C. The van der Waals surface area contributed by atoms with Crippen LogP contribution < -0.4 is 29.1 Å². The van der Waals surface area contributed by atoms with E-state index in [-0.39, 0.29) is 36.4 Å². The first-order chi connectivity index (χ1) is 23.6. The molecule has 5 rings (SSSR count). The van der Waals surface area contributed by atoms with E-state index in [1.165, 1.54) is 11.3 Å². The molecule has 1 aliphatic heterocycles. The van der Waals surface area contributed by atoms with E-state index >= 15 is 0 Å². The van der Waals surface area contributed by atoms with Crippen molar-refractivity contribution in [2.75, 3.05) is 19.8 Å². The van der Waals surface area contributed by atoms with Gasteiger partial charge in [-0.3, -0.25) is 9.36 Å². The zero-order chi connectivity index (χ0) is 35.1. The van der Waals surface area contributed by atoms with Gasteiger partial charge in [0, 0.05) is 5.56 Å². The molecule has 10 nitrogen and oxygen atoms in total. The summed E-state index contributed by atoms with van der Waals surface area (Å²) in [5.41, 5.74) is 3.20. The minimum absolute atomic E-state index is 0.128. The second-order valence-corrected chi connectivity index (χ2v) is 12.4. The van der Waals surface area contributed by atoms with Crippen molar-refractivity contribution in [3.63, 3.8) is 0 Å². The van der Waals surface area contributed by atoms with Crippen LogP contribution in [0.1, 0.15) is 74.6 Å². The Bertz CT molecular complexity index is 2040. The number of fused-ring (bicyclic) bond motifs is 1. The number of esters is 2. The van der Waals surface area contributed by atoms with Crippen LogP contribution in [0.5, 0.6) is 17.2 Å². The van der Waals surface area contributed by atoms with Gasteiger partial charge >= 0.3 is 11.9 Å². The summed E-state index contributed by atoms with van der Waals surface area (Å²) in [5, 5.41) is 0. The summed E-state index contributed by atoms with van der Waals surface area (Å²) in [6.45, 7) is 12.1. The van der Waals surface area contributed by atoms with E-state index in [0.717, 1.165) is 11.1 Å². The molecule has 11 heteroatoms. The van der Waals surface area contributed by atoms with Gasteiger partial charge in [0.25, 0.3) is 5.56 Å². The smallest absolute Gasteiger partial charge is 0.338 e. The van der Waals surface area contributed by atoms with Gasteiger partial charge in [0.1, 0.15) is 18.4 Å². The highest BCUT2D eigenvalue weighted by Crippen LogP contribution is 2.36. The van der Waals surface area contributed by atoms with Crippen molar-refractivity contribution in [3.8, 4) is 17.2 Å². The number of para-hydroxylation sites is 1. The number of benzene rings is 3. The van der Waals surface area contributed by atoms with Crippen molar-refractivity contribution in [1.29, 1.82) is 0 Å². The number of carbonyl (C=O) groups excluding carboxylic acids is 2. The zero-order valence-corrected chi connectivity index (χ0v) is 29.3. The third-order valence-electron chi connectivity index (χ3n) is 7.52. The summed E-state index contributed by atoms with van der Waals surface area (Å²) >= 11 is 1.24. The standard InChI is InChI=1S/C38H40N2O8S/c1-7-44-31-20-26(16-19-30(31)47-22-25-14-17-27(18-15-25)36(42)45-8-2)21-32-35(41)40-34(28-12-10-11-13-29(28)48-23(4)5)33(37(43)46-9-3)24(6)39-38(40)49-32/h10-21,23,34H,7-9,22H2,1-6H3/b32-21-/t34-/m1/s1. The maximum absolute atomic E-state index is 14.2. The molecule has 0 amide bonds. The molecular formula is C38H40N2O8S. The number of hydrogen-bond donors (Lipinski definition) is 0. The van der Waals surface area contributed by atoms with Crippen molar-refractivity contribution < 1.29 is 33.3 Å². The topological polar surface area (TPSA) is 115 Å². The second kappa shape index (κ2) is 15.8. The normalized spacial score (nSPS) is 14.3. The van der Waals surface area contributed by atoms with Crippen LogP contribution in [0.3, 0.4) is 0 Å². The molecule has 1 atom stereocenters. The molecule has 0 N–H and O–H groups in total. The lowest BCUT2D eigenvalue weighted by Gasteiger charge is -2.26. The zero-order valence-electron chi connectivity index (χ0n) is 28.5. The first-order valence-corrected chi connectivity index (χ1v) is 17.1. The predicted molar refractivity (Wildman–Crippen MR) is 187 cm³/mol. The minimum Gasteiger partial charge on any atom is -0.491 e. The number of nitrogens with zero attached hydrogens (tertiary/aromatic N) is 2. The summed E-state index contributed by atoms with van der Waals surface area (Å²) in [6, 6.07) is 19.1. The Morgan fingerprint density at radius 3 is 2.29 bits per heavy atom. The van der Waals surface area contributed by atoms with E-state index in [1.807, 2.05) is 69.3 Å². The molecule has 0 saturated carbocycles. The molecule has 49 heavy (non-hydrogen) atoms. The van der Waals surface area contributed by atoms with Crippen LogP contribution in [0, 0.1) is 0 Å². The second-order valence-electron chi connectivity index (χ2n) is 11.4. The summed E-state index contributed by atoms with van der Waals surface area (Å²) in [5.74, 6) is 0.720. The number of thiazole rings is 1. The van der Waals surface area contributed by atoms with Gasteiger partial charge in [0.05, 0.1) is 47.3 Å². The number of hydrogen-bond acceptors (Lipinski definition) is 10. The lowest BCUT2D eigenvalue weighted by Crippen LogP contribution is -2.40. The van der Waals surface area contributed by atoms with Gasteiger partial charge in [0.2, 0.25) is 0 Å². The molecular weight excluding hydrogens is 644 g/mol. The van der Waals surface area contributed by atoms with Crippen molar-refractivity contribution >= 4 is 29.4 Å². The van der Waals surface area contributed by atoms with Crippen LogP contribution in [-0.4, -0.2) is 42.4 Å². The van der Waals surface area contributed by atoms with E-state index in [1.54, 1.807) is 49.6 Å². The summed E-state index contributed by atoms with van der Waals surface area (Å²) in [6.07, 6.45) is 1.65. The predicted octanol–water partition coefficient (Wildman–Crippen LogP) is 5.74. The Labute approximate surface area is 288 Å². The van der Waals surface area contributed by atoms with Gasteiger partial charge in [-0.1, -0.05) is 47.7 Å². The molecule has 0 saturated heterocycles. The van der Waals surface area contributed by atoms with E-state index in [9.17, 15) is 14.4 Å². The molecule has 0 unspecified atom stereocenters. The fraction of sp³-hybridized carbons (Fsp3) is 0.316. The summed E-state index contributed by atoms with van der Waals surface area (Å²) < 4.78 is 30.6. The van der Waals surface area contributed by atoms with Gasteiger partial charge in [-0.05, 0) is 89.1 Å². The molecule has 0 bridgehead atoms. The molecule has 1 aromatic heterocycles. The minimum atomic E-state index is -0.798. The monoisotopic (exact) mass is 684 g/mol. The van der Waals surface area contributed by atoms with Crippen LogP contribution in [0.25, 0.3) is 6.08 Å². The van der Waals surface area contributed by atoms with E-state index in [2.05, 4.69) is 4.99 Å². The number of aromatic nitrogens is 1. The summed E-state index contributed by atoms with van der Waals surface area (Å²) in [7, 11) is 0. The van der Waals surface area contributed by atoms with Crippen molar-refractivity contribution in [2.45, 2.75) is 60.3 Å². The van der Waals surface area contributed by atoms with Gasteiger partial charge in [-0.15, -0.1) is 0 Å². The van der Waals surface area contributed by atoms with Gasteiger partial charge in [-0.25, -0.2) is 14.6 Å². The number of allylic oxidation sites excluding steroid dienone is 1. The van der Waals surface area contributed by atoms with Crippen molar-refractivity contribution in [2.24, 2.45) is 4.99 Å². The largest absolute Gasteiger partial charge is 0.491 e. The maximum Gasteiger partial charge on any atom is 0.338 e. The highest BCUT2D eigenvalue weighted by molar-refractivity contribution is 7.07. The molecule has 256 valence electrons. The molecule has 3 aromatic carbocycles. The lowest BCUT2D eigenvalue weighted by atomic mass is 9.95. The molecule has 0 fully saturated rings. The third kappa shape index (κ3) is 7.94. The van der Waals surface area contributed by atoms with Gasteiger partial charge < -0.3 is 23.7 Å². The first-order valence-electron chi connectivity index (χ1n) is 16.3. The highest BCUT2D eigenvalue weighted by Gasteiger charge is 2.35. The fourth-order valence-electron chi connectivity index (χ4n) is 5.42. The van der Waals surface area contributed by atoms with E-state index in [0.29, 0.717) is 56.6 Å².